The predicted octanol–water partition coefficient (Wildman–Crippen LogP) is 2.91. The van der Waals surface area contributed by atoms with E-state index in [0.717, 1.165) is 17.9 Å². The van der Waals surface area contributed by atoms with Crippen LogP contribution < -0.4 is 5.32 Å². The molecule has 1 nitrogen and oxygen atoms in total. The fourth-order valence-corrected chi connectivity index (χ4v) is 3.03. The van der Waals surface area contributed by atoms with Crippen molar-refractivity contribution < 1.29 is 0 Å². The molecule has 0 aliphatic heterocycles. The highest BCUT2D eigenvalue weighted by atomic mass is 32.2. The molecule has 0 aromatic carbocycles. The average molecular weight is 213 g/mol. The quantitative estimate of drug-likeness (QED) is 0.653. The van der Waals surface area contributed by atoms with Gasteiger partial charge in [-0.3, -0.25) is 0 Å². The van der Waals surface area contributed by atoms with Gasteiger partial charge in [0.25, 0.3) is 0 Å². The highest BCUT2D eigenvalue weighted by Crippen LogP contribution is 2.37. The van der Waals surface area contributed by atoms with Gasteiger partial charge in [0.1, 0.15) is 0 Å². The van der Waals surface area contributed by atoms with Crippen molar-refractivity contribution in [2.75, 3.05) is 18.1 Å². The lowest BCUT2D eigenvalue weighted by atomic mass is 9.72. The topological polar surface area (TPSA) is 12.0 Å². The first-order valence-corrected chi connectivity index (χ1v) is 7.36. The van der Waals surface area contributed by atoms with E-state index >= 15 is 0 Å². The van der Waals surface area contributed by atoms with Crippen LogP contribution in [-0.4, -0.2) is 24.1 Å². The molecule has 0 heterocycles. The Labute approximate surface area is 92.4 Å². The molecule has 0 bridgehead atoms. The molecule has 2 fully saturated rings. The molecule has 2 unspecified atom stereocenters. The molecule has 0 amide bonds. The average Bonchev–Trinajstić information content (AvgIpc) is 2.94. The van der Waals surface area contributed by atoms with Crippen LogP contribution in [0.1, 0.15) is 39.0 Å². The summed E-state index contributed by atoms with van der Waals surface area (Å²) in [5, 5.41) is 3.67. The van der Waals surface area contributed by atoms with Crippen molar-refractivity contribution in [2.45, 2.75) is 45.1 Å². The van der Waals surface area contributed by atoms with Crippen molar-refractivity contribution in [1.29, 1.82) is 0 Å². The molecule has 2 rings (SSSR count). The largest absolute Gasteiger partial charge is 0.314 e. The van der Waals surface area contributed by atoms with Crippen LogP contribution in [0.15, 0.2) is 0 Å². The molecule has 0 aromatic rings. The van der Waals surface area contributed by atoms with Crippen molar-refractivity contribution >= 4 is 11.8 Å². The van der Waals surface area contributed by atoms with Crippen LogP contribution >= 0.6 is 11.8 Å². The zero-order chi connectivity index (χ0) is 9.80. The maximum absolute atomic E-state index is 3.67. The van der Waals surface area contributed by atoms with Gasteiger partial charge < -0.3 is 5.32 Å². The van der Waals surface area contributed by atoms with Crippen molar-refractivity contribution in [2.24, 2.45) is 11.8 Å². The third-order valence-electron chi connectivity index (χ3n) is 3.66. The van der Waals surface area contributed by atoms with Gasteiger partial charge in [-0.25, -0.2) is 0 Å². The first-order valence-electron chi connectivity index (χ1n) is 6.21. The summed E-state index contributed by atoms with van der Waals surface area (Å²) in [5.74, 6) is 4.76. The summed E-state index contributed by atoms with van der Waals surface area (Å²) in [5.41, 5.74) is 0. The van der Waals surface area contributed by atoms with Crippen molar-refractivity contribution in [3.8, 4) is 0 Å². The SMILES string of the molecule is CCSCCC1CCC1CNC1CC1. The Hall–Kier alpha value is 0.310. The van der Waals surface area contributed by atoms with Gasteiger partial charge in [-0.05, 0) is 62.0 Å². The second-order valence-electron chi connectivity index (χ2n) is 4.77. The van der Waals surface area contributed by atoms with E-state index in [1.165, 1.54) is 50.2 Å². The highest BCUT2D eigenvalue weighted by Gasteiger charge is 2.31. The van der Waals surface area contributed by atoms with Gasteiger partial charge in [-0.2, -0.15) is 11.8 Å². The van der Waals surface area contributed by atoms with Crippen LogP contribution in [0, 0.1) is 11.8 Å². The van der Waals surface area contributed by atoms with E-state index in [0.29, 0.717) is 0 Å². The minimum atomic E-state index is 0.904. The Bertz CT molecular complexity index is 168. The fourth-order valence-electron chi connectivity index (χ4n) is 2.27. The zero-order valence-corrected chi connectivity index (χ0v) is 10.1. The van der Waals surface area contributed by atoms with Gasteiger partial charge in [-0.1, -0.05) is 6.92 Å². The maximum atomic E-state index is 3.67. The minimum absolute atomic E-state index is 0.904. The molecule has 2 aliphatic carbocycles. The second kappa shape index (κ2) is 5.41. The summed E-state index contributed by atoms with van der Waals surface area (Å²) < 4.78 is 0. The lowest BCUT2D eigenvalue weighted by Gasteiger charge is -2.37. The summed E-state index contributed by atoms with van der Waals surface area (Å²) in [6.07, 6.45) is 7.32. The van der Waals surface area contributed by atoms with E-state index in [9.17, 15) is 0 Å². The van der Waals surface area contributed by atoms with E-state index in [1.54, 1.807) is 0 Å². The van der Waals surface area contributed by atoms with Gasteiger partial charge in [0.05, 0.1) is 0 Å². The Morgan fingerprint density at radius 3 is 2.50 bits per heavy atom. The summed E-state index contributed by atoms with van der Waals surface area (Å²) in [6.45, 7) is 3.57. The zero-order valence-electron chi connectivity index (χ0n) is 9.30. The normalized spacial score (nSPS) is 31.5. The first-order chi connectivity index (χ1) is 6.90. The van der Waals surface area contributed by atoms with Gasteiger partial charge in [-0.15, -0.1) is 0 Å². The standard InChI is InChI=1S/C12H23NS/c1-2-14-8-7-10-3-4-11(10)9-13-12-5-6-12/h10-13H,2-9H2,1H3. The second-order valence-corrected chi connectivity index (χ2v) is 6.16. The van der Waals surface area contributed by atoms with Crippen LogP contribution in [-0.2, 0) is 0 Å². The number of hydrogen-bond donors (Lipinski definition) is 1. The lowest BCUT2D eigenvalue weighted by molar-refractivity contribution is 0.167. The molecule has 14 heavy (non-hydrogen) atoms. The molecule has 82 valence electrons. The predicted molar refractivity (Wildman–Crippen MR) is 64.9 cm³/mol. The summed E-state index contributed by atoms with van der Waals surface area (Å²) in [7, 11) is 0. The fraction of sp³-hybridized carbons (Fsp3) is 1.00. The van der Waals surface area contributed by atoms with Crippen molar-refractivity contribution in [3.05, 3.63) is 0 Å². The molecule has 2 aliphatic rings. The third-order valence-corrected chi connectivity index (χ3v) is 4.59. The molecule has 0 radical (unpaired) electrons. The Morgan fingerprint density at radius 2 is 1.93 bits per heavy atom. The molecule has 1 N–H and O–H groups in total. The Morgan fingerprint density at radius 1 is 1.14 bits per heavy atom. The molecular weight excluding hydrogens is 190 g/mol. The molecule has 0 saturated heterocycles. The number of thioether (sulfide) groups is 1. The smallest absolute Gasteiger partial charge is 0.00683 e. The van der Waals surface area contributed by atoms with Gasteiger partial charge in [0.15, 0.2) is 0 Å². The van der Waals surface area contributed by atoms with Gasteiger partial charge >= 0.3 is 0 Å². The van der Waals surface area contributed by atoms with Crippen molar-refractivity contribution in [3.63, 3.8) is 0 Å². The summed E-state index contributed by atoms with van der Waals surface area (Å²) >= 11 is 2.10. The van der Waals surface area contributed by atoms with E-state index in [1.807, 2.05) is 0 Å². The summed E-state index contributed by atoms with van der Waals surface area (Å²) in [4.78, 5) is 0. The highest BCUT2D eigenvalue weighted by molar-refractivity contribution is 7.99. The third kappa shape index (κ3) is 3.16. The van der Waals surface area contributed by atoms with Crippen LogP contribution in [0.5, 0.6) is 0 Å². The molecular formula is C12H23NS. The molecule has 2 atom stereocenters. The lowest BCUT2D eigenvalue weighted by Crippen LogP contribution is -2.36. The molecule has 0 aromatic heterocycles. The van der Waals surface area contributed by atoms with E-state index in [4.69, 9.17) is 0 Å². The Balaban J connectivity index is 1.53. The molecule has 2 heteroatoms. The summed E-state index contributed by atoms with van der Waals surface area (Å²) in [6, 6.07) is 0.904. The molecule has 2 saturated carbocycles. The monoisotopic (exact) mass is 213 g/mol. The Kier molecular flexibility index (Phi) is 4.18. The van der Waals surface area contributed by atoms with Gasteiger partial charge in [0.2, 0.25) is 0 Å². The minimum Gasteiger partial charge on any atom is -0.314 e. The van der Waals surface area contributed by atoms with Crippen LogP contribution in [0.4, 0.5) is 0 Å². The van der Waals surface area contributed by atoms with Gasteiger partial charge in [0, 0.05) is 6.04 Å². The van der Waals surface area contributed by atoms with Crippen molar-refractivity contribution in [1.82, 2.24) is 5.32 Å². The number of nitrogens with one attached hydrogen (secondary N) is 1. The van der Waals surface area contributed by atoms with Crippen LogP contribution in [0.25, 0.3) is 0 Å². The maximum Gasteiger partial charge on any atom is 0.00683 e. The van der Waals surface area contributed by atoms with E-state index in [-0.39, 0.29) is 0 Å². The van der Waals surface area contributed by atoms with E-state index in [2.05, 4.69) is 24.0 Å². The van der Waals surface area contributed by atoms with Crippen LogP contribution in [0.3, 0.4) is 0 Å². The number of rotatable bonds is 7. The molecule has 0 spiro atoms. The van der Waals surface area contributed by atoms with Crippen LogP contribution in [0.2, 0.25) is 0 Å². The first kappa shape index (κ1) is 10.8. The number of hydrogen-bond acceptors (Lipinski definition) is 2. The van der Waals surface area contributed by atoms with E-state index < -0.39 is 0 Å².